The fourth-order valence-electron chi connectivity index (χ4n) is 4.41. The first-order valence-electron chi connectivity index (χ1n) is 13.3. The third-order valence-electron chi connectivity index (χ3n) is 6.66. The normalized spacial score (nSPS) is 15.0. The minimum absolute atomic E-state index is 0.0219. The number of carbonyl (C=O) groups is 2. The number of aliphatic carboxylic acids is 1. The number of benzene rings is 3. The Kier molecular flexibility index (Phi) is 10.6. The molecule has 11 heteroatoms. The minimum atomic E-state index is -4.38. The summed E-state index contributed by atoms with van der Waals surface area (Å²) in [5.41, 5.74) is 0.308. The fraction of sp³-hybridized carbons (Fsp3) is 0.219. The molecule has 0 radical (unpaired) electrons. The maximum Gasteiger partial charge on any atom is 0.446 e. The van der Waals surface area contributed by atoms with E-state index >= 15 is 0 Å². The predicted octanol–water partition coefficient (Wildman–Crippen LogP) is 8.04. The summed E-state index contributed by atoms with van der Waals surface area (Å²) in [5, 5.41) is 23.5. The Labute approximate surface area is 256 Å². The number of hydrogen-bond acceptors (Lipinski definition) is 6. The topological polar surface area (TPSA) is 93.4 Å². The molecule has 0 aliphatic carbocycles. The van der Waals surface area contributed by atoms with Crippen molar-refractivity contribution in [3.8, 4) is 6.07 Å². The number of nitrogens with one attached hydrogen (secondary N) is 1. The Morgan fingerprint density at radius 3 is 2.35 bits per heavy atom. The second-order valence-corrected chi connectivity index (χ2v) is 11.8. The number of nitriles is 1. The molecule has 1 heterocycles. The van der Waals surface area contributed by atoms with Crippen LogP contribution in [0.2, 0.25) is 0 Å². The van der Waals surface area contributed by atoms with E-state index in [-0.39, 0.29) is 41.4 Å². The van der Waals surface area contributed by atoms with Crippen LogP contribution in [0.4, 0.5) is 18.9 Å². The van der Waals surface area contributed by atoms with Crippen LogP contribution in [0.1, 0.15) is 46.8 Å². The van der Waals surface area contributed by atoms with E-state index in [4.69, 9.17) is 10.4 Å². The summed E-state index contributed by atoms with van der Waals surface area (Å²) in [6, 6.07) is 22.7. The van der Waals surface area contributed by atoms with E-state index in [9.17, 15) is 22.8 Å². The van der Waals surface area contributed by atoms with Crippen molar-refractivity contribution in [3.05, 3.63) is 112 Å². The van der Waals surface area contributed by atoms with Crippen molar-refractivity contribution in [2.24, 2.45) is 5.92 Å². The van der Waals surface area contributed by atoms with Gasteiger partial charge in [-0.2, -0.15) is 18.4 Å². The molecular weight excluding hydrogens is 595 g/mol. The number of rotatable bonds is 10. The lowest BCUT2D eigenvalue weighted by Crippen LogP contribution is -2.26. The van der Waals surface area contributed by atoms with Gasteiger partial charge in [0.25, 0.3) is 5.91 Å². The molecule has 2 N–H and O–H groups in total. The van der Waals surface area contributed by atoms with Gasteiger partial charge in [-0.25, -0.2) is 0 Å². The summed E-state index contributed by atoms with van der Waals surface area (Å²) < 4.78 is 38.8. The lowest BCUT2D eigenvalue weighted by molar-refractivity contribution is -0.136. The van der Waals surface area contributed by atoms with Gasteiger partial charge in [-0.3, -0.25) is 9.59 Å². The summed E-state index contributed by atoms with van der Waals surface area (Å²) in [5.74, 6) is -1.19. The molecule has 3 aromatic rings. The van der Waals surface area contributed by atoms with Crippen LogP contribution >= 0.6 is 23.5 Å². The molecule has 1 aliphatic rings. The maximum absolute atomic E-state index is 12.9. The number of anilines is 1. The van der Waals surface area contributed by atoms with E-state index < -0.39 is 11.5 Å². The summed E-state index contributed by atoms with van der Waals surface area (Å²) in [6.45, 7) is 2.53. The largest absolute Gasteiger partial charge is 0.481 e. The van der Waals surface area contributed by atoms with Gasteiger partial charge in [-0.1, -0.05) is 49.0 Å². The Hall–Kier alpha value is -4.14. The first-order valence-corrected chi connectivity index (χ1v) is 15.0. The van der Waals surface area contributed by atoms with E-state index in [2.05, 4.69) is 29.8 Å². The lowest BCUT2D eigenvalue weighted by atomic mass is 9.92. The maximum atomic E-state index is 12.9. The van der Waals surface area contributed by atoms with Crippen molar-refractivity contribution >= 4 is 46.7 Å². The zero-order chi connectivity index (χ0) is 31.0. The summed E-state index contributed by atoms with van der Waals surface area (Å²) >= 11 is 1.36. The first-order chi connectivity index (χ1) is 20.5. The van der Waals surface area contributed by atoms with E-state index in [0.29, 0.717) is 23.4 Å². The van der Waals surface area contributed by atoms with E-state index in [1.807, 2.05) is 17.0 Å². The second-order valence-electron chi connectivity index (χ2n) is 9.78. The van der Waals surface area contributed by atoms with Gasteiger partial charge in [0, 0.05) is 29.2 Å². The quantitative estimate of drug-likeness (QED) is 0.221. The zero-order valence-corrected chi connectivity index (χ0v) is 24.7. The van der Waals surface area contributed by atoms with Crippen LogP contribution in [0.15, 0.2) is 94.2 Å². The number of carboxylic acids is 1. The van der Waals surface area contributed by atoms with Gasteiger partial charge in [-0.05, 0) is 94.7 Å². The second kappa shape index (κ2) is 14.4. The molecule has 3 aromatic carbocycles. The highest BCUT2D eigenvalue weighted by molar-refractivity contribution is 8.06. The summed E-state index contributed by atoms with van der Waals surface area (Å²) in [6.07, 6.45) is 2.67. The van der Waals surface area contributed by atoms with Crippen molar-refractivity contribution in [2.75, 3.05) is 11.4 Å². The highest BCUT2D eigenvalue weighted by Gasteiger charge is 2.29. The minimum Gasteiger partial charge on any atom is -0.481 e. The molecule has 0 unspecified atom stereocenters. The van der Waals surface area contributed by atoms with Crippen molar-refractivity contribution in [2.45, 2.75) is 36.7 Å². The Balaban J connectivity index is 1.59. The number of halogens is 3. The van der Waals surface area contributed by atoms with E-state index in [1.165, 1.54) is 23.9 Å². The van der Waals surface area contributed by atoms with Crippen LogP contribution in [-0.2, 0) is 11.3 Å². The molecule has 43 heavy (non-hydrogen) atoms. The number of hydrogen-bond donors (Lipinski definition) is 2. The van der Waals surface area contributed by atoms with Crippen molar-refractivity contribution in [1.29, 1.82) is 5.26 Å². The van der Waals surface area contributed by atoms with Crippen LogP contribution in [0.3, 0.4) is 0 Å². The molecule has 222 valence electrons. The Morgan fingerprint density at radius 2 is 1.74 bits per heavy atom. The zero-order valence-electron chi connectivity index (χ0n) is 23.1. The Morgan fingerprint density at radius 1 is 1.07 bits per heavy atom. The molecule has 1 aliphatic heterocycles. The predicted molar refractivity (Wildman–Crippen MR) is 164 cm³/mol. The van der Waals surface area contributed by atoms with Gasteiger partial charge >= 0.3 is 11.5 Å². The average Bonchev–Trinajstić information content (AvgIpc) is 3.17. The van der Waals surface area contributed by atoms with Crippen molar-refractivity contribution < 1.29 is 27.9 Å². The number of alkyl halides is 3. The number of carbonyl (C=O) groups excluding carboxylic acids is 1. The smallest absolute Gasteiger partial charge is 0.446 e. The molecule has 0 spiro atoms. The third-order valence-corrected chi connectivity index (χ3v) is 8.40. The van der Waals surface area contributed by atoms with Crippen molar-refractivity contribution in [1.82, 2.24) is 5.32 Å². The summed E-state index contributed by atoms with van der Waals surface area (Å²) in [4.78, 5) is 25.2. The fourth-order valence-corrected chi connectivity index (χ4v) is 6.05. The van der Waals surface area contributed by atoms with Crippen molar-refractivity contribution in [3.63, 3.8) is 0 Å². The number of allylic oxidation sites excluding steroid dienone is 2. The average molecular weight is 624 g/mol. The number of carboxylic acid groups (broad SMARTS) is 1. The van der Waals surface area contributed by atoms with Gasteiger partial charge in [0.15, 0.2) is 0 Å². The standard InChI is InChI=1S/C32H28F3N3O3S2/c1-21-2-15-29(42-20-28(21)24-7-3-22(18-36)4-8-24)38(26-11-13-27(14-12-26)43-32(33,34)35)19-23-5-9-25(10-6-23)31(41)37-17-16-30(39)40/h3-15,20-21H,2,16-17,19H2,1H3,(H,37,41)(H,39,40)/t21-/m1/s1. The molecular formula is C32H28F3N3O3S2. The SMILES string of the molecule is C[C@@H]1CC=C(N(Cc2ccc(C(=O)NCCC(=O)O)cc2)c2ccc(SC(F)(F)F)cc2)SC=C1c1ccc(C#N)cc1. The molecule has 0 bridgehead atoms. The molecule has 0 saturated carbocycles. The molecule has 4 rings (SSSR count). The molecule has 0 aromatic heterocycles. The monoisotopic (exact) mass is 623 g/mol. The van der Waals surface area contributed by atoms with Crippen LogP contribution < -0.4 is 10.2 Å². The summed E-state index contributed by atoms with van der Waals surface area (Å²) in [7, 11) is 0. The van der Waals surface area contributed by atoms with Crippen LogP contribution in [0, 0.1) is 17.2 Å². The van der Waals surface area contributed by atoms with Gasteiger partial charge in [-0.15, -0.1) is 0 Å². The lowest BCUT2D eigenvalue weighted by Gasteiger charge is -2.27. The number of thioether (sulfide) groups is 2. The Bertz CT molecular complexity index is 1550. The highest BCUT2D eigenvalue weighted by atomic mass is 32.2. The van der Waals surface area contributed by atoms with Gasteiger partial charge in [0.05, 0.1) is 23.1 Å². The third kappa shape index (κ3) is 9.17. The van der Waals surface area contributed by atoms with Gasteiger partial charge in [0.1, 0.15) is 0 Å². The number of amides is 1. The number of nitrogens with zero attached hydrogens (tertiary/aromatic N) is 2. The molecule has 0 fully saturated rings. The van der Waals surface area contributed by atoms with Crippen LogP contribution in [0.5, 0.6) is 0 Å². The van der Waals surface area contributed by atoms with Crippen LogP contribution in [0.25, 0.3) is 5.57 Å². The molecule has 6 nitrogen and oxygen atoms in total. The highest BCUT2D eigenvalue weighted by Crippen LogP contribution is 2.41. The van der Waals surface area contributed by atoms with Crippen LogP contribution in [-0.4, -0.2) is 29.0 Å². The molecule has 1 amide bonds. The van der Waals surface area contributed by atoms with Gasteiger partial charge < -0.3 is 15.3 Å². The van der Waals surface area contributed by atoms with E-state index in [0.717, 1.165) is 28.1 Å². The first kappa shape index (κ1) is 31.8. The molecule has 1 atom stereocenters. The van der Waals surface area contributed by atoms with E-state index in [1.54, 1.807) is 48.5 Å². The van der Waals surface area contributed by atoms with Gasteiger partial charge in [0.2, 0.25) is 0 Å². The molecule has 0 saturated heterocycles.